The van der Waals surface area contributed by atoms with Crippen LogP contribution in [0.3, 0.4) is 0 Å². The molecule has 2 heteroatoms. The Balaban J connectivity index is 2.10. The lowest BCUT2D eigenvalue weighted by Crippen LogP contribution is -2.43. The Morgan fingerprint density at radius 2 is 1.80 bits per heavy atom. The van der Waals surface area contributed by atoms with Gasteiger partial charge in [-0.15, -0.1) is 11.8 Å². The zero-order chi connectivity index (χ0) is 10.9. The van der Waals surface area contributed by atoms with Gasteiger partial charge in [-0.05, 0) is 37.0 Å². The fourth-order valence-corrected chi connectivity index (χ4v) is 2.82. The standard InChI is InChI=1S/C13H19NS/c1-10(2)15-12-6-4-11(5-7-12)13(14)8-3-9-13/h4-7,10H,3,8-9,14H2,1-2H3. The van der Waals surface area contributed by atoms with Crippen molar-refractivity contribution in [3.8, 4) is 0 Å². The molecule has 1 aliphatic rings. The maximum absolute atomic E-state index is 6.27. The number of hydrogen-bond donors (Lipinski definition) is 1. The predicted octanol–water partition coefficient (Wildman–Crippen LogP) is 3.53. The molecular formula is C13H19NS. The van der Waals surface area contributed by atoms with E-state index in [1.807, 2.05) is 11.8 Å². The monoisotopic (exact) mass is 221 g/mol. The second-order valence-electron chi connectivity index (χ2n) is 4.70. The summed E-state index contributed by atoms with van der Waals surface area (Å²) in [5, 5.41) is 0.645. The molecule has 1 aromatic carbocycles. The van der Waals surface area contributed by atoms with Gasteiger partial charge in [0.15, 0.2) is 0 Å². The topological polar surface area (TPSA) is 26.0 Å². The van der Waals surface area contributed by atoms with Gasteiger partial charge >= 0.3 is 0 Å². The van der Waals surface area contributed by atoms with Crippen molar-refractivity contribution in [1.29, 1.82) is 0 Å². The molecule has 0 aliphatic heterocycles. The van der Waals surface area contributed by atoms with E-state index in [2.05, 4.69) is 38.1 Å². The maximum atomic E-state index is 6.27. The third kappa shape index (κ3) is 2.37. The first-order chi connectivity index (χ1) is 7.10. The third-order valence-electron chi connectivity index (χ3n) is 3.05. The Bertz CT molecular complexity index is 325. The predicted molar refractivity (Wildman–Crippen MR) is 67.2 cm³/mol. The van der Waals surface area contributed by atoms with E-state index < -0.39 is 0 Å². The molecule has 0 saturated heterocycles. The fraction of sp³-hybridized carbons (Fsp3) is 0.538. The smallest absolute Gasteiger partial charge is 0.0409 e. The van der Waals surface area contributed by atoms with Crippen LogP contribution >= 0.6 is 11.8 Å². The summed E-state index contributed by atoms with van der Waals surface area (Å²) in [6.07, 6.45) is 3.56. The Kier molecular flexibility index (Phi) is 3.08. The average Bonchev–Trinajstić information content (AvgIpc) is 2.14. The number of benzene rings is 1. The quantitative estimate of drug-likeness (QED) is 0.790. The normalized spacial score (nSPS) is 18.9. The summed E-state index contributed by atoms with van der Waals surface area (Å²) in [5.41, 5.74) is 7.56. The third-order valence-corrected chi connectivity index (χ3v) is 4.06. The molecule has 1 saturated carbocycles. The van der Waals surface area contributed by atoms with Crippen molar-refractivity contribution in [3.63, 3.8) is 0 Å². The highest BCUT2D eigenvalue weighted by atomic mass is 32.2. The van der Waals surface area contributed by atoms with E-state index in [0.717, 1.165) is 12.8 Å². The van der Waals surface area contributed by atoms with Crippen LogP contribution in [0.2, 0.25) is 0 Å². The summed E-state index contributed by atoms with van der Waals surface area (Å²) in [4.78, 5) is 1.34. The van der Waals surface area contributed by atoms with E-state index >= 15 is 0 Å². The van der Waals surface area contributed by atoms with Crippen LogP contribution in [0.25, 0.3) is 0 Å². The Labute approximate surface area is 96.4 Å². The molecule has 0 bridgehead atoms. The lowest BCUT2D eigenvalue weighted by atomic mass is 9.73. The van der Waals surface area contributed by atoms with E-state index in [1.165, 1.54) is 16.9 Å². The molecule has 1 aromatic rings. The molecule has 0 heterocycles. The first-order valence-electron chi connectivity index (χ1n) is 5.66. The van der Waals surface area contributed by atoms with E-state index in [9.17, 15) is 0 Å². The van der Waals surface area contributed by atoms with Crippen molar-refractivity contribution in [2.75, 3.05) is 0 Å². The van der Waals surface area contributed by atoms with Gasteiger partial charge in [0.25, 0.3) is 0 Å². The largest absolute Gasteiger partial charge is 0.321 e. The Morgan fingerprint density at radius 3 is 2.20 bits per heavy atom. The zero-order valence-electron chi connectivity index (χ0n) is 9.49. The van der Waals surface area contributed by atoms with E-state index in [4.69, 9.17) is 5.73 Å². The maximum Gasteiger partial charge on any atom is 0.0409 e. The lowest BCUT2D eigenvalue weighted by Gasteiger charge is -2.38. The van der Waals surface area contributed by atoms with Gasteiger partial charge in [-0.2, -0.15) is 0 Å². The van der Waals surface area contributed by atoms with Gasteiger partial charge in [-0.3, -0.25) is 0 Å². The second kappa shape index (κ2) is 4.18. The molecular weight excluding hydrogens is 202 g/mol. The van der Waals surface area contributed by atoms with E-state index in [0.29, 0.717) is 5.25 Å². The van der Waals surface area contributed by atoms with Crippen molar-refractivity contribution < 1.29 is 0 Å². The van der Waals surface area contributed by atoms with Gasteiger partial charge in [-0.1, -0.05) is 26.0 Å². The summed E-state index contributed by atoms with van der Waals surface area (Å²) in [5.74, 6) is 0. The number of thioether (sulfide) groups is 1. The highest BCUT2D eigenvalue weighted by molar-refractivity contribution is 7.99. The van der Waals surface area contributed by atoms with Crippen LogP contribution in [0.15, 0.2) is 29.2 Å². The molecule has 0 amide bonds. The molecule has 2 N–H and O–H groups in total. The van der Waals surface area contributed by atoms with Gasteiger partial charge in [0, 0.05) is 15.7 Å². The molecule has 1 aliphatic carbocycles. The highest BCUT2D eigenvalue weighted by Gasteiger charge is 2.33. The van der Waals surface area contributed by atoms with Gasteiger partial charge < -0.3 is 5.73 Å². The number of hydrogen-bond acceptors (Lipinski definition) is 2. The summed E-state index contributed by atoms with van der Waals surface area (Å²) in [6.45, 7) is 4.43. The fourth-order valence-electron chi connectivity index (χ4n) is 1.98. The first kappa shape index (κ1) is 11.0. The molecule has 1 fully saturated rings. The molecule has 0 aromatic heterocycles. The van der Waals surface area contributed by atoms with E-state index in [-0.39, 0.29) is 5.54 Å². The Morgan fingerprint density at radius 1 is 1.20 bits per heavy atom. The van der Waals surface area contributed by atoms with Crippen molar-refractivity contribution in [2.24, 2.45) is 5.73 Å². The minimum atomic E-state index is -0.0129. The van der Waals surface area contributed by atoms with Crippen molar-refractivity contribution in [1.82, 2.24) is 0 Å². The molecule has 82 valence electrons. The minimum absolute atomic E-state index is 0.0129. The summed E-state index contributed by atoms with van der Waals surface area (Å²) in [6, 6.07) is 8.80. The summed E-state index contributed by atoms with van der Waals surface area (Å²) >= 11 is 1.90. The SMILES string of the molecule is CC(C)Sc1ccc(C2(N)CCC2)cc1. The van der Waals surface area contributed by atoms with E-state index in [1.54, 1.807) is 0 Å². The summed E-state index contributed by atoms with van der Waals surface area (Å²) < 4.78 is 0. The van der Waals surface area contributed by atoms with Gasteiger partial charge in [0.1, 0.15) is 0 Å². The molecule has 2 rings (SSSR count). The Hall–Kier alpha value is -0.470. The van der Waals surface area contributed by atoms with Gasteiger partial charge in [0.05, 0.1) is 0 Å². The molecule has 1 nitrogen and oxygen atoms in total. The zero-order valence-corrected chi connectivity index (χ0v) is 10.3. The molecule has 0 unspecified atom stereocenters. The van der Waals surface area contributed by atoms with Gasteiger partial charge in [0.2, 0.25) is 0 Å². The molecule has 0 atom stereocenters. The van der Waals surface area contributed by atoms with Crippen LogP contribution in [-0.4, -0.2) is 5.25 Å². The van der Waals surface area contributed by atoms with Crippen LogP contribution < -0.4 is 5.73 Å². The minimum Gasteiger partial charge on any atom is -0.321 e. The number of nitrogens with two attached hydrogens (primary N) is 1. The van der Waals surface area contributed by atoms with Crippen LogP contribution in [-0.2, 0) is 5.54 Å². The lowest BCUT2D eigenvalue weighted by molar-refractivity contribution is 0.253. The van der Waals surface area contributed by atoms with Crippen molar-refractivity contribution >= 4 is 11.8 Å². The summed E-state index contributed by atoms with van der Waals surface area (Å²) in [7, 11) is 0. The highest BCUT2D eigenvalue weighted by Crippen LogP contribution is 2.39. The van der Waals surface area contributed by atoms with Crippen LogP contribution in [0.4, 0.5) is 0 Å². The van der Waals surface area contributed by atoms with Crippen LogP contribution in [0, 0.1) is 0 Å². The van der Waals surface area contributed by atoms with Crippen LogP contribution in [0.5, 0.6) is 0 Å². The second-order valence-corrected chi connectivity index (χ2v) is 6.35. The van der Waals surface area contributed by atoms with Crippen molar-refractivity contribution in [3.05, 3.63) is 29.8 Å². The number of rotatable bonds is 3. The van der Waals surface area contributed by atoms with Gasteiger partial charge in [-0.25, -0.2) is 0 Å². The van der Waals surface area contributed by atoms with Crippen LogP contribution in [0.1, 0.15) is 38.7 Å². The molecule has 0 spiro atoms. The average molecular weight is 221 g/mol. The van der Waals surface area contributed by atoms with Crippen molar-refractivity contribution in [2.45, 2.75) is 48.8 Å². The first-order valence-corrected chi connectivity index (χ1v) is 6.54. The molecule has 15 heavy (non-hydrogen) atoms. The molecule has 0 radical (unpaired) electrons.